The molecule has 0 aliphatic carbocycles. The lowest BCUT2D eigenvalue weighted by molar-refractivity contribution is -0.123. The van der Waals surface area contributed by atoms with Crippen molar-refractivity contribution in [3.63, 3.8) is 0 Å². The molecule has 32 heavy (non-hydrogen) atoms. The highest BCUT2D eigenvalue weighted by Gasteiger charge is 2.16. The molecule has 0 bridgehead atoms. The largest absolute Gasteiger partial charge is 0.483 e. The molecule has 3 rings (SSSR count). The van der Waals surface area contributed by atoms with Crippen LogP contribution in [0.1, 0.15) is 11.1 Å². The maximum atomic E-state index is 8.36. The molecule has 0 spiro atoms. The Hall–Kier alpha value is -3.24. The van der Waals surface area contributed by atoms with Gasteiger partial charge >= 0.3 is 0 Å². The number of piperazine rings is 1. The van der Waals surface area contributed by atoms with Gasteiger partial charge in [0.25, 0.3) is 12.9 Å². The molecule has 0 atom stereocenters. The second-order valence-electron chi connectivity index (χ2n) is 7.34. The van der Waals surface area contributed by atoms with Crippen molar-refractivity contribution in [1.29, 1.82) is 0 Å². The van der Waals surface area contributed by atoms with E-state index in [1.807, 2.05) is 32.1 Å². The first kappa shape index (κ1) is 26.8. The minimum atomic E-state index is -0.250. The Labute approximate surface area is 189 Å². The second kappa shape index (κ2) is 15.5. The van der Waals surface area contributed by atoms with E-state index in [4.69, 9.17) is 19.8 Å². The van der Waals surface area contributed by atoms with E-state index >= 15 is 0 Å². The zero-order valence-corrected chi connectivity index (χ0v) is 19.0. The molecule has 0 amide bonds. The van der Waals surface area contributed by atoms with E-state index in [0.29, 0.717) is 5.95 Å². The van der Waals surface area contributed by atoms with Gasteiger partial charge in [-0.2, -0.15) is 4.98 Å². The fraction of sp³-hybridized carbons (Fsp3) is 0.455. The molecule has 10 nitrogen and oxygen atoms in total. The van der Waals surface area contributed by atoms with Crippen molar-refractivity contribution >= 4 is 24.7 Å². The van der Waals surface area contributed by atoms with Gasteiger partial charge in [-0.1, -0.05) is 30.3 Å². The normalized spacial score (nSPS) is 13.6. The molecule has 1 aliphatic rings. The topological polar surface area (TPSA) is 122 Å². The van der Waals surface area contributed by atoms with Crippen molar-refractivity contribution in [2.75, 3.05) is 63.6 Å². The lowest BCUT2D eigenvalue weighted by Crippen LogP contribution is -2.47. The van der Waals surface area contributed by atoms with E-state index in [2.05, 4.69) is 55.4 Å². The molecule has 1 aromatic heterocycles. The maximum absolute atomic E-state index is 8.36. The molecule has 0 radical (unpaired) electrons. The minimum Gasteiger partial charge on any atom is -0.483 e. The molecule has 0 saturated carbocycles. The number of rotatable bonds is 7. The van der Waals surface area contributed by atoms with E-state index in [9.17, 15) is 0 Å². The van der Waals surface area contributed by atoms with Crippen LogP contribution < -0.4 is 10.2 Å². The average Bonchev–Trinajstić information content (AvgIpc) is 2.78. The van der Waals surface area contributed by atoms with Crippen LogP contribution in [0.3, 0.4) is 0 Å². The molecule has 1 saturated heterocycles. The number of carbonyl (C=O) groups is 2. The summed E-state index contributed by atoms with van der Waals surface area (Å²) in [6.45, 7) is 8.97. The monoisotopic (exact) mass is 446 g/mol. The molecule has 2 heterocycles. The van der Waals surface area contributed by atoms with E-state index in [0.717, 1.165) is 57.2 Å². The van der Waals surface area contributed by atoms with Gasteiger partial charge in [0.1, 0.15) is 5.82 Å². The van der Waals surface area contributed by atoms with E-state index < -0.39 is 0 Å². The molecule has 176 valence electrons. The molecular formula is C22H34N6O4. The Morgan fingerprint density at radius 3 is 2.16 bits per heavy atom. The van der Waals surface area contributed by atoms with Gasteiger partial charge in [-0.05, 0) is 12.5 Å². The number of benzene rings is 1. The van der Waals surface area contributed by atoms with Crippen molar-refractivity contribution in [3.05, 3.63) is 47.7 Å². The van der Waals surface area contributed by atoms with Gasteiger partial charge in [-0.25, -0.2) is 4.98 Å². The quantitative estimate of drug-likeness (QED) is 0.539. The van der Waals surface area contributed by atoms with Crippen molar-refractivity contribution < 1.29 is 19.8 Å². The van der Waals surface area contributed by atoms with Crippen LogP contribution in [0.25, 0.3) is 0 Å². The highest BCUT2D eigenvalue weighted by atomic mass is 16.3. The predicted octanol–water partition coefficient (Wildman–Crippen LogP) is 1.48. The first-order valence-corrected chi connectivity index (χ1v) is 10.3. The van der Waals surface area contributed by atoms with Crippen molar-refractivity contribution in [3.8, 4) is 0 Å². The van der Waals surface area contributed by atoms with Gasteiger partial charge in [-0.3, -0.25) is 19.4 Å². The molecular weight excluding hydrogens is 412 g/mol. The summed E-state index contributed by atoms with van der Waals surface area (Å²) in [4.78, 5) is 32.8. The van der Waals surface area contributed by atoms with E-state index in [1.165, 1.54) is 5.56 Å². The van der Waals surface area contributed by atoms with Crippen LogP contribution in [0.2, 0.25) is 0 Å². The molecule has 1 aromatic carbocycles. The van der Waals surface area contributed by atoms with Crippen LogP contribution in [0.5, 0.6) is 0 Å². The fourth-order valence-corrected chi connectivity index (χ4v) is 3.31. The number of aryl methyl sites for hydroxylation is 1. The minimum absolute atomic E-state index is 0.250. The second-order valence-corrected chi connectivity index (χ2v) is 7.34. The third-order valence-corrected chi connectivity index (χ3v) is 4.79. The molecule has 10 heteroatoms. The van der Waals surface area contributed by atoms with E-state index in [1.54, 1.807) is 0 Å². The molecule has 0 unspecified atom stereocenters. The van der Waals surface area contributed by atoms with Crippen molar-refractivity contribution in [2.45, 2.75) is 13.5 Å². The summed E-state index contributed by atoms with van der Waals surface area (Å²) in [6.07, 6.45) is 1.88. The van der Waals surface area contributed by atoms with Crippen LogP contribution in [0.4, 0.5) is 11.8 Å². The number of nitrogens with one attached hydrogen (secondary N) is 1. The van der Waals surface area contributed by atoms with Crippen LogP contribution in [0, 0.1) is 6.92 Å². The third kappa shape index (κ3) is 10.2. The first-order chi connectivity index (χ1) is 15.4. The first-order valence-electron chi connectivity index (χ1n) is 10.3. The maximum Gasteiger partial charge on any atom is 0.290 e. The molecule has 1 fully saturated rings. The standard InChI is InChI=1S/C20H30N6.2CH2O2/c1-17-15-22-20(23-19(17)24(2)3)21-9-10-25-11-13-26(14-12-25)16-18-7-5-4-6-8-18;2*2-1-3/h4-8,15H,9-14,16H2,1-3H3,(H,21,22,23);2*1H,(H,2,3). The lowest BCUT2D eigenvalue weighted by atomic mass is 10.2. The fourth-order valence-electron chi connectivity index (χ4n) is 3.31. The van der Waals surface area contributed by atoms with Crippen molar-refractivity contribution in [2.24, 2.45) is 0 Å². The Morgan fingerprint density at radius 1 is 1.03 bits per heavy atom. The molecule has 3 N–H and O–H groups in total. The Morgan fingerprint density at radius 2 is 1.59 bits per heavy atom. The van der Waals surface area contributed by atoms with Gasteiger partial charge in [0.15, 0.2) is 0 Å². The highest BCUT2D eigenvalue weighted by molar-refractivity contribution is 5.47. The number of hydrogen-bond acceptors (Lipinski definition) is 8. The zero-order valence-electron chi connectivity index (χ0n) is 19.0. The Kier molecular flexibility index (Phi) is 13.0. The number of anilines is 2. The van der Waals surface area contributed by atoms with Gasteiger partial charge in [0.2, 0.25) is 5.95 Å². The predicted molar refractivity (Wildman–Crippen MR) is 125 cm³/mol. The van der Waals surface area contributed by atoms with Gasteiger partial charge in [0.05, 0.1) is 0 Å². The lowest BCUT2D eigenvalue weighted by Gasteiger charge is -2.34. The molecule has 1 aliphatic heterocycles. The number of hydrogen-bond donors (Lipinski definition) is 3. The summed E-state index contributed by atoms with van der Waals surface area (Å²) in [5.74, 6) is 1.68. The number of carboxylic acid groups (broad SMARTS) is 2. The number of aromatic nitrogens is 2. The van der Waals surface area contributed by atoms with Crippen LogP contribution >= 0.6 is 0 Å². The smallest absolute Gasteiger partial charge is 0.290 e. The molecule has 2 aromatic rings. The Balaban J connectivity index is 0.000000769. The summed E-state index contributed by atoms with van der Waals surface area (Å²) in [7, 11) is 4.02. The summed E-state index contributed by atoms with van der Waals surface area (Å²) in [5, 5.41) is 17.1. The third-order valence-electron chi connectivity index (χ3n) is 4.79. The van der Waals surface area contributed by atoms with E-state index in [-0.39, 0.29) is 12.9 Å². The average molecular weight is 447 g/mol. The highest BCUT2D eigenvalue weighted by Crippen LogP contribution is 2.15. The summed E-state index contributed by atoms with van der Waals surface area (Å²) < 4.78 is 0. The SMILES string of the molecule is Cc1cnc(NCCN2CCN(Cc3ccccc3)CC2)nc1N(C)C.O=CO.O=CO. The summed E-state index contributed by atoms with van der Waals surface area (Å²) >= 11 is 0. The summed E-state index contributed by atoms with van der Waals surface area (Å²) in [5.41, 5.74) is 2.49. The van der Waals surface area contributed by atoms with Crippen LogP contribution in [-0.4, -0.2) is 96.3 Å². The number of nitrogens with zero attached hydrogens (tertiary/aromatic N) is 5. The van der Waals surface area contributed by atoms with Gasteiger partial charge in [0, 0.05) is 71.7 Å². The van der Waals surface area contributed by atoms with Gasteiger partial charge < -0.3 is 20.4 Å². The summed E-state index contributed by atoms with van der Waals surface area (Å²) in [6, 6.07) is 10.7. The van der Waals surface area contributed by atoms with Crippen molar-refractivity contribution in [1.82, 2.24) is 19.8 Å². The zero-order chi connectivity index (χ0) is 23.8. The van der Waals surface area contributed by atoms with Gasteiger partial charge in [-0.15, -0.1) is 0 Å². The van der Waals surface area contributed by atoms with Crippen LogP contribution in [0.15, 0.2) is 36.5 Å². The Bertz CT molecular complexity index is 777. The van der Waals surface area contributed by atoms with Crippen LogP contribution in [-0.2, 0) is 16.1 Å².